The van der Waals surface area contributed by atoms with E-state index in [0.29, 0.717) is 48.0 Å². The van der Waals surface area contributed by atoms with Gasteiger partial charge in [-0.05, 0) is 66.4 Å². The molecule has 0 bridgehead atoms. The highest BCUT2D eigenvalue weighted by Gasteiger charge is 2.51. The summed E-state index contributed by atoms with van der Waals surface area (Å²) in [6, 6.07) is 12.6. The summed E-state index contributed by atoms with van der Waals surface area (Å²) in [7, 11) is 0. The predicted octanol–water partition coefficient (Wildman–Crippen LogP) is 4.28. The van der Waals surface area contributed by atoms with E-state index in [-0.39, 0.29) is 5.91 Å². The SMILES string of the molecule is CCOc1ccc(-c2ccc(NC(=O)C3(c4ccc(F)c(F)c4)CC3)cc2-c2nn[nH]n2)cn1. The molecule has 34 heavy (non-hydrogen) atoms. The van der Waals surface area contributed by atoms with Crippen LogP contribution in [0.2, 0.25) is 0 Å². The highest BCUT2D eigenvalue weighted by molar-refractivity contribution is 6.02. The third kappa shape index (κ3) is 3.98. The average molecular weight is 462 g/mol. The Kier molecular flexibility index (Phi) is 5.48. The summed E-state index contributed by atoms with van der Waals surface area (Å²) in [6.45, 7) is 2.40. The molecule has 0 spiro atoms. The highest BCUT2D eigenvalue weighted by Crippen LogP contribution is 2.49. The molecule has 172 valence electrons. The Morgan fingerprint density at radius 3 is 2.59 bits per heavy atom. The normalized spacial score (nSPS) is 14.0. The molecule has 1 aliphatic rings. The molecule has 0 atom stereocenters. The zero-order valence-electron chi connectivity index (χ0n) is 18.2. The lowest BCUT2D eigenvalue weighted by atomic mass is 9.94. The van der Waals surface area contributed by atoms with Crippen molar-refractivity contribution in [3.05, 3.63) is 71.9 Å². The van der Waals surface area contributed by atoms with Crippen molar-refractivity contribution in [3.8, 4) is 28.4 Å². The molecule has 10 heteroatoms. The lowest BCUT2D eigenvalue weighted by Crippen LogP contribution is -2.28. The van der Waals surface area contributed by atoms with Crippen molar-refractivity contribution in [1.82, 2.24) is 25.6 Å². The monoisotopic (exact) mass is 462 g/mol. The largest absolute Gasteiger partial charge is 0.478 e. The summed E-state index contributed by atoms with van der Waals surface area (Å²) < 4.78 is 32.5. The number of hydrogen-bond acceptors (Lipinski definition) is 6. The van der Waals surface area contributed by atoms with Crippen molar-refractivity contribution < 1.29 is 18.3 Å². The fourth-order valence-electron chi connectivity index (χ4n) is 3.92. The van der Waals surface area contributed by atoms with Crippen molar-refractivity contribution in [2.75, 3.05) is 11.9 Å². The van der Waals surface area contributed by atoms with Crippen molar-refractivity contribution in [1.29, 1.82) is 0 Å². The molecule has 2 N–H and O–H groups in total. The van der Waals surface area contributed by atoms with E-state index in [2.05, 4.69) is 30.9 Å². The predicted molar refractivity (Wildman–Crippen MR) is 120 cm³/mol. The molecule has 2 aromatic heterocycles. The number of nitrogens with zero attached hydrogens (tertiary/aromatic N) is 4. The van der Waals surface area contributed by atoms with Gasteiger partial charge in [0.05, 0.1) is 12.0 Å². The molecule has 0 saturated heterocycles. The third-order valence-corrected chi connectivity index (χ3v) is 5.86. The number of nitrogens with one attached hydrogen (secondary N) is 2. The van der Waals surface area contributed by atoms with Gasteiger partial charge in [0.2, 0.25) is 17.6 Å². The number of aromatic amines is 1. The number of carbonyl (C=O) groups excluding carboxylic acids is 1. The first-order chi connectivity index (χ1) is 16.5. The average Bonchev–Trinajstić information content (AvgIpc) is 3.48. The van der Waals surface area contributed by atoms with Crippen LogP contribution < -0.4 is 10.1 Å². The fourth-order valence-corrected chi connectivity index (χ4v) is 3.92. The quantitative estimate of drug-likeness (QED) is 0.425. The topological polar surface area (TPSA) is 106 Å². The number of rotatable bonds is 7. The lowest BCUT2D eigenvalue weighted by Gasteiger charge is -2.17. The number of H-pyrrole nitrogens is 1. The smallest absolute Gasteiger partial charge is 0.235 e. The molecule has 4 aromatic rings. The lowest BCUT2D eigenvalue weighted by molar-refractivity contribution is -0.118. The number of benzene rings is 2. The number of halogens is 2. The van der Waals surface area contributed by atoms with Crippen LogP contribution in [0.4, 0.5) is 14.5 Å². The summed E-state index contributed by atoms with van der Waals surface area (Å²) in [5.74, 6) is -1.33. The number of amides is 1. The standard InChI is InChI=1S/C24H20F2N6O2/c1-2-34-21-8-3-14(13-27-21)17-6-5-16(12-18(17)22-29-31-32-30-22)28-23(33)24(9-10-24)15-4-7-19(25)20(26)11-15/h3-8,11-13H,2,9-10H2,1H3,(H,28,33)(H,29,30,31,32). The van der Waals surface area contributed by atoms with E-state index in [1.807, 2.05) is 19.1 Å². The van der Waals surface area contributed by atoms with Crippen LogP contribution in [0.1, 0.15) is 25.3 Å². The minimum absolute atomic E-state index is 0.284. The second-order valence-corrected chi connectivity index (χ2v) is 7.98. The van der Waals surface area contributed by atoms with E-state index >= 15 is 0 Å². The molecule has 0 aliphatic heterocycles. The molecule has 1 amide bonds. The molecule has 2 heterocycles. The van der Waals surface area contributed by atoms with E-state index in [1.54, 1.807) is 24.4 Å². The molecular weight excluding hydrogens is 442 g/mol. The van der Waals surface area contributed by atoms with Gasteiger partial charge in [0.1, 0.15) is 0 Å². The molecule has 1 saturated carbocycles. The van der Waals surface area contributed by atoms with Gasteiger partial charge < -0.3 is 10.1 Å². The van der Waals surface area contributed by atoms with Crippen molar-refractivity contribution in [2.24, 2.45) is 0 Å². The van der Waals surface area contributed by atoms with Crippen LogP contribution in [0.25, 0.3) is 22.5 Å². The Labute approximate surface area is 193 Å². The number of hydrogen-bond donors (Lipinski definition) is 2. The maximum atomic E-state index is 13.8. The van der Waals surface area contributed by atoms with E-state index in [4.69, 9.17) is 4.74 Å². The Morgan fingerprint density at radius 2 is 1.94 bits per heavy atom. The van der Waals surface area contributed by atoms with Gasteiger partial charge in [0.25, 0.3) is 0 Å². The minimum atomic E-state index is -0.968. The van der Waals surface area contributed by atoms with Crippen LogP contribution >= 0.6 is 0 Å². The van der Waals surface area contributed by atoms with Gasteiger partial charge in [0.15, 0.2) is 11.6 Å². The summed E-state index contributed by atoms with van der Waals surface area (Å²) in [5.41, 5.74) is 2.33. The van der Waals surface area contributed by atoms with E-state index in [9.17, 15) is 13.6 Å². The Morgan fingerprint density at radius 1 is 1.09 bits per heavy atom. The number of anilines is 1. The van der Waals surface area contributed by atoms with Gasteiger partial charge >= 0.3 is 0 Å². The summed E-state index contributed by atoms with van der Waals surface area (Å²) in [4.78, 5) is 17.5. The highest BCUT2D eigenvalue weighted by atomic mass is 19.2. The number of aromatic nitrogens is 5. The van der Waals surface area contributed by atoms with Gasteiger partial charge in [-0.3, -0.25) is 4.79 Å². The van der Waals surface area contributed by atoms with Gasteiger partial charge in [0, 0.05) is 29.1 Å². The molecule has 1 aliphatic carbocycles. The first-order valence-electron chi connectivity index (χ1n) is 10.7. The second-order valence-electron chi connectivity index (χ2n) is 7.98. The Balaban J connectivity index is 1.45. The van der Waals surface area contributed by atoms with Crippen LogP contribution in [-0.4, -0.2) is 38.1 Å². The minimum Gasteiger partial charge on any atom is -0.478 e. The van der Waals surface area contributed by atoms with E-state index in [0.717, 1.165) is 23.3 Å². The molecule has 2 aromatic carbocycles. The Bertz CT molecular complexity index is 1340. The van der Waals surface area contributed by atoms with Crippen LogP contribution in [-0.2, 0) is 10.2 Å². The summed E-state index contributed by atoms with van der Waals surface area (Å²) in [6.07, 6.45) is 2.79. The van der Waals surface area contributed by atoms with Crippen molar-refractivity contribution >= 4 is 11.6 Å². The number of carbonyl (C=O) groups is 1. The number of tetrazole rings is 1. The number of ether oxygens (including phenoxy) is 1. The first-order valence-corrected chi connectivity index (χ1v) is 10.7. The molecule has 1 fully saturated rings. The van der Waals surface area contributed by atoms with Gasteiger partial charge in [-0.1, -0.05) is 12.1 Å². The molecule has 0 radical (unpaired) electrons. The maximum Gasteiger partial charge on any atom is 0.235 e. The van der Waals surface area contributed by atoms with Crippen LogP contribution in [0.15, 0.2) is 54.7 Å². The fraction of sp³-hybridized carbons (Fsp3) is 0.208. The third-order valence-electron chi connectivity index (χ3n) is 5.86. The molecule has 5 rings (SSSR count). The van der Waals surface area contributed by atoms with Crippen LogP contribution in [0.3, 0.4) is 0 Å². The van der Waals surface area contributed by atoms with Gasteiger partial charge in [-0.2, -0.15) is 5.21 Å². The first kappa shape index (κ1) is 21.6. The van der Waals surface area contributed by atoms with Gasteiger partial charge in [-0.25, -0.2) is 13.8 Å². The van der Waals surface area contributed by atoms with Gasteiger partial charge in [-0.15, -0.1) is 10.2 Å². The zero-order chi connectivity index (χ0) is 23.7. The van der Waals surface area contributed by atoms with Crippen LogP contribution in [0, 0.1) is 11.6 Å². The number of pyridine rings is 1. The zero-order valence-corrected chi connectivity index (χ0v) is 18.2. The summed E-state index contributed by atoms with van der Waals surface area (Å²) in [5, 5.41) is 17.2. The van der Waals surface area contributed by atoms with Crippen molar-refractivity contribution in [2.45, 2.75) is 25.2 Å². The molecule has 8 nitrogen and oxygen atoms in total. The molecule has 0 unspecified atom stereocenters. The van der Waals surface area contributed by atoms with Crippen LogP contribution in [0.5, 0.6) is 5.88 Å². The Hall–Kier alpha value is -4.21. The maximum absolute atomic E-state index is 13.8. The van der Waals surface area contributed by atoms with Crippen molar-refractivity contribution in [3.63, 3.8) is 0 Å². The summed E-state index contributed by atoms with van der Waals surface area (Å²) >= 11 is 0. The van der Waals surface area contributed by atoms with E-state index < -0.39 is 17.0 Å². The second kappa shape index (κ2) is 8.62. The van der Waals surface area contributed by atoms with E-state index in [1.165, 1.54) is 6.07 Å². The molecular formula is C24H20F2N6O2.